The molecule has 5 heteroatoms. The molecule has 1 atom stereocenters. The van der Waals surface area contributed by atoms with Gasteiger partial charge in [0.05, 0.1) is 6.04 Å². The normalized spacial score (nSPS) is 19.3. The molecule has 1 saturated heterocycles. The van der Waals surface area contributed by atoms with E-state index >= 15 is 0 Å². The van der Waals surface area contributed by atoms with E-state index in [0.29, 0.717) is 5.92 Å². The maximum atomic E-state index is 5.42. The lowest BCUT2D eigenvalue weighted by Gasteiger charge is -2.30. The zero-order valence-corrected chi connectivity index (χ0v) is 11.6. The summed E-state index contributed by atoms with van der Waals surface area (Å²) >= 11 is 0. The predicted molar refractivity (Wildman–Crippen MR) is 70.5 cm³/mol. The van der Waals surface area contributed by atoms with Gasteiger partial charge >= 0.3 is 0 Å². The lowest BCUT2D eigenvalue weighted by molar-refractivity contribution is 0.176. The molecule has 1 aliphatic heterocycles. The highest BCUT2D eigenvalue weighted by molar-refractivity contribution is 4.98. The molecular weight excluding hydrogens is 228 g/mol. The number of aromatic nitrogens is 2. The van der Waals surface area contributed by atoms with Crippen LogP contribution in [0.5, 0.6) is 0 Å². The van der Waals surface area contributed by atoms with Crippen molar-refractivity contribution in [2.75, 3.05) is 26.2 Å². The minimum atomic E-state index is 0.249. The van der Waals surface area contributed by atoms with Crippen molar-refractivity contribution in [3.05, 3.63) is 11.7 Å². The fraction of sp³-hybridized carbons (Fsp3) is 0.846. The Bertz CT molecular complexity index is 356. The highest BCUT2D eigenvalue weighted by atomic mass is 16.5. The molecule has 102 valence electrons. The third-order valence-electron chi connectivity index (χ3n) is 3.87. The molecule has 2 heterocycles. The van der Waals surface area contributed by atoms with E-state index in [4.69, 9.17) is 4.52 Å². The molecule has 0 saturated carbocycles. The number of nitrogens with one attached hydrogen (secondary N) is 1. The van der Waals surface area contributed by atoms with Crippen LogP contribution in [0.3, 0.4) is 0 Å². The number of nitrogens with zero attached hydrogens (tertiary/aromatic N) is 3. The highest BCUT2D eigenvalue weighted by Gasteiger charge is 2.24. The maximum absolute atomic E-state index is 5.42. The minimum Gasteiger partial charge on any atom is -0.339 e. The first-order valence-corrected chi connectivity index (χ1v) is 7.04. The van der Waals surface area contributed by atoms with Crippen LogP contribution in [0.15, 0.2) is 4.52 Å². The third kappa shape index (κ3) is 2.90. The van der Waals surface area contributed by atoms with Crippen LogP contribution in [-0.2, 0) is 0 Å². The molecule has 1 N–H and O–H groups in total. The van der Waals surface area contributed by atoms with E-state index in [-0.39, 0.29) is 6.04 Å². The fourth-order valence-electron chi connectivity index (χ4n) is 2.45. The first kappa shape index (κ1) is 13.5. The summed E-state index contributed by atoms with van der Waals surface area (Å²) in [6, 6.07) is 0.249. The molecule has 5 nitrogen and oxygen atoms in total. The molecule has 1 aromatic heterocycles. The fourth-order valence-corrected chi connectivity index (χ4v) is 2.45. The average molecular weight is 252 g/mol. The van der Waals surface area contributed by atoms with Gasteiger partial charge in [0.15, 0.2) is 5.82 Å². The van der Waals surface area contributed by atoms with Gasteiger partial charge in [0.2, 0.25) is 5.89 Å². The number of piperazine rings is 1. The van der Waals surface area contributed by atoms with Crippen molar-refractivity contribution in [3.63, 3.8) is 0 Å². The molecular formula is C13H24N4O. The maximum Gasteiger partial charge on any atom is 0.229 e. The topological polar surface area (TPSA) is 54.2 Å². The van der Waals surface area contributed by atoms with Gasteiger partial charge in [0.25, 0.3) is 0 Å². The smallest absolute Gasteiger partial charge is 0.229 e. The van der Waals surface area contributed by atoms with Gasteiger partial charge in [-0.15, -0.1) is 0 Å². The van der Waals surface area contributed by atoms with Gasteiger partial charge in [0.1, 0.15) is 0 Å². The number of hydrogen-bond acceptors (Lipinski definition) is 5. The Morgan fingerprint density at radius 1 is 1.28 bits per heavy atom. The summed E-state index contributed by atoms with van der Waals surface area (Å²) in [7, 11) is 0. The molecule has 0 spiro atoms. The van der Waals surface area contributed by atoms with Crippen molar-refractivity contribution in [1.82, 2.24) is 20.4 Å². The molecule has 1 aromatic rings. The van der Waals surface area contributed by atoms with Gasteiger partial charge in [0, 0.05) is 32.1 Å². The lowest BCUT2D eigenvalue weighted by Crippen LogP contribution is -2.44. The van der Waals surface area contributed by atoms with Crippen molar-refractivity contribution in [3.8, 4) is 0 Å². The summed E-state index contributed by atoms with van der Waals surface area (Å²) in [6.07, 6.45) is 2.11. The first-order valence-electron chi connectivity index (χ1n) is 7.04. The second kappa shape index (κ2) is 6.29. The molecule has 0 amide bonds. The summed E-state index contributed by atoms with van der Waals surface area (Å²) in [5.74, 6) is 2.04. The van der Waals surface area contributed by atoms with Crippen LogP contribution in [0, 0.1) is 0 Å². The Labute approximate surface area is 109 Å². The SMILES string of the molecule is CCC(CC)c1nc(C(C)N2CCNCC2)no1. The predicted octanol–water partition coefficient (Wildman–Crippen LogP) is 1.94. The van der Waals surface area contributed by atoms with Crippen LogP contribution in [0.1, 0.15) is 57.3 Å². The zero-order chi connectivity index (χ0) is 13.0. The molecule has 0 aromatic carbocycles. The van der Waals surface area contributed by atoms with Crippen LogP contribution >= 0.6 is 0 Å². The summed E-state index contributed by atoms with van der Waals surface area (Å²) in [5, 5.41) is 7.52. The van der Waals surface area contributed by atoms with Crippen molar-refractivity contribution < 1.29 is 4.52 Å². The van der Waals surface area contributed by atoms with E-state index in [0.717, 1.165) is 50.7 Å². The molecule has 2 rings (SSSR count). The summed E-state index contributed by atoms with van der Waals surface area (Å²) < 4.78 is 5.42. The lowest BCUT2D eigenvalue weighted by atomic mass is 10.0. The van der Waals surface area contributed by atoms with Gasteiger partial charge in [-0.25, -0.2) is 0 Å². The second-order valence-corrected chi connectivity index (χ2v) is 4.97. The summed E-state index contributed by atoms with van der Waals surface area (Å²) in [6.45, 7) is 10.7. The summed E-state index contributed by atoms with van der Waals surface area (Å²) in [4.78, 5) is 6.99. The Morgan fingerprint density at radius 2 is 1.94 bits per heavy atom. The van der Waals surface area contributed by atoms with E-state index in [9.17, 15) is 0 Å². The van der Waals surface area contributed by atoms with Crippen LogP contribution in [0.2, 0.25) is 0 Å². The monoisotopic (exact) mass is 252 g/mol. The van der Waals surface area contributed by atoms with Crippen LogP contribution < -0.4 is 5.32 Å². The van der Waals surface area contributed by atoms with Crippen molar-refractivity contribution in [2.45, 2.75) is 45.6 Å². The molecule has 1 aliphatic rings. The standard InChI is InChI=1S/C13H24N4O/c1-4-11(5-2)13-15-12(16-18-13)10(3)17-8-6-14-7-9-17/h10-11,14H,4-9H2,1-3H3. The Kier molecular flexibility index (Phi) is 4.72. The second-order valence-electron chi connectivity index (χ2n) is 4.97. The molecule has 1 fully saturated rings. The van der Waals surface area contributed by atoms with Gasteiger partial charge in [-0.1, -0.05) is 19.0 Å². The van der Waals surface area contributed by atoms with Crippen molar-refractivity contribution in [1.29, 1.82) is 0 Å². The third-order valence-corrected chi connectivity index (χ3v) is 3.87. The molecule has 0 aliphatic carbocycles. The Hall–Kier alpha value is -0.940. The molecule has 1 unspecified atom stereocenters. The number of rotatable bonds is 5. The van der Waals surface area contributed by atoms with Crippen LogP contribution in [0.4, 0.5) is 0 Å². The van der Waals surface area contributed by atoms with E-state index in [1.165, 1.54) is 0 Å². The van der Waals surface area contributed by atoms with E-state index in [2.05, 4.69) is 41.1 Å². The molecule has 0 radical (unpaired) electrons. The van der Waals surface area contributed by atoms with E-state index in [1.807, 2.05) is 0 Å². The molecule has 18 heavy (non-hydrogen) atoms. The summed E-state index contributed by atoms with van der Waals surface area (Å²) in [5.41, 5.74) is 0. The van der Waals surface area contributed by atoms with E-state index in [1.54, 1.807) is 0 Å². The van der Waals surface area contributed by atoms with Gasteiger partial charge in [-0.2, -0.15) is 4.98 Å². The largest absolute Gasteiger partial charge is 0.339 e. The average Bonchev–Trinajstić information content (AvgIpc) is 2.90. The van der Waals surface area contributed by atoms with Gasteiger partial charge in [-0.3, -0.25) is 4.90 Å². The van der Waals surface area contributed by atoms with Gasteiger partial charge < -0.3 is 9.84 Å². The van der Waals surface area contributed by atoms with Crippen LogP contribution in [0.25, 0.3) is 0 Å². The van der Waals surface area contributed by atoms with Crippen LogP contribution in [-0.4, -0.2) is 41.2 Å². The number of hydrogen-bond donors (Lipinski definition) is 1. The quantitative estimate of drug-likeness (QED) is 0.868. The highest BCUT2D eigenvalue weighted by Crippen LogP contribution is 2.24. The van der Waals surface area contributed by atoms with Crippen molar-refractivity contribution in [2.24, 2.45) is 0 Å². The Balaban J connectivity index is 2.04. The Morgan fingerprint density at radius 3 is 2.56 bits per heavy atom. The minimum absolute atomic E-state index is 0.249. The first-order chi connectivity index (χ1) is 8.76. The van der Waals surface area contributed by atoms with Crippen molar-refractivity contribution >= 4 is 0 Å². The molecule has 0 bridgehead atoms. The van der Waals surface area contributed by atoms with E-state index < -0.39 is 0 Å². The van der Waals surface area contributed by atoms with Gasteiger partial charge in [-0.05, 0) is 19.8 Å². The zero-order valence-electron chi connectivity index (χ0n) is 11.6.